The Labute approximate surface area is 148 Å². The molecule has 1 fully saturated rings. The summed E-state index contributed by atoms with van der Waals surface area (Å²) in [7, 11) is 0. The largest absolute Gasteiger partial charge is 0.357 e. The molecule has 1 heterocycles. The minimum Gasteiger partial charge on any atom is -0.357 e. The molecule has 1 aliphatic rings. The van der Waals surface area contributed by atoms with Gasteiger partial charge < -0.3 is 16.0 Å². The normalized spacial score (nSPS) is 14.5. The van der Waals surface area contributed by atoms with Gasteiger partial charge in [-0.25, -0.2) is 4.98 Å². The topological polar surface area (TPSA) is 78.4 Å². The molecule has 1 saturated carbocycles. The molecule has 0 bridgehead atoms. The molecule has 24 heavy (non-hydrogen) atoms. The van der Waals surface area contributed by atoms with E-state index < -0.39 is 0 Å². The van der Waals surface area contributed by atoms with Gasteiger partial charge in [0.2, 0.25) is 5.91 Å². The van der Waals surface area contributed by atoms with E-state index in [4.69, 9.17) is 0 Å². The summed E-state index contributed by atoms with van der Waals surface area (Å²) in [4.78, 5) is 20.6. The number of aryl methyl sites for hydroxylation is 2. The predicted octanol–water partition coefficient (Wildman–Crippen LogP) is 1.86. The summed E-state index contributed by atoms with van der Waals surface area (Å²) in [5.74, 6) is 1.29. The minimum absolute atomic E-state index is 0.191. The van der Waals surface area contributed by atoms with Gasteiger partial charge in [0.15, 0.2) is 5.96 Å². The zero-order chi connectivity index (χ0) is 17.2. The first-order chi connectivity index (χ1) is 11.7. The molecule has 0 saturated heterocycles. The van der Waals surface area contributed by atoms with Gasteiger partial charge in [-0.05, 0) is 46.0 Å². The fourth-order valence-electron chi connectivity index (χ4n) is 2.29. The van der Waals surface area contributed by atoms with E-state index in [0.717, 1.165) is 56.8 Å². The van der Waals surface area contributed by atoms with E-state index in [-0.39, 0.29) is 11.8 Å². The van der Waals surface area contributed by atoms with Crippen molar-refractivity contribution >= 4 is 23.2 Å². The number of rotatable bonds is 10. The molecule has 134 valence electrons. The van der Waals surface area contributed by atoms with Crippen molar-refractivity contribution in [1.82, 2.24) is 20.9 Å². The molecule has 2 rings (SSSR count). The molecule has 0 atom stereocenters. The van der Waals surface area contributed by atoms with Crippen LogP contribution in [0.1, 0.15) is 43.3 Å². The molecule has 0 aliphatic heterocycles. The van der Waals surface area contributed by atoms with Gasteiger partial charge in [0.1, 0.15) is 0 Å². The third-order valence-corrected chi connectivity index (χ3v) is 4.77. The van der Waals surface area contributed by atoms with E-state index in [0.29, 0.717) is 13.1 Å². The molecule has 1 amide bonds. The molecular weight excluding hydrogens is 322 g/mol. The first kappa shape index (κ1) is 18.7. The monoisotopic (exact) mass is 351 g/mol. The SMILES string of the molecule is CCNC(=NCCCCc1nc(C)cs1)NCCNC(=O)C1CC1. The summed E-state index contributed by atoms with van der Waals surface area (Å²) in [6.45, 7) is 7.06. The third-order valence-electron chi connectivity index (χ3n) is 3.74. The maximum absolute atomic E-state index is 11.5. The Morgan fingerprint density at radius 2 is 2.08 bits per heavy atom. The number of hydrogen-bond acceptors (Lipinski definition) is 4. The molecular formula is C17H29N5OS. The van der Waals surface area contributed by atoms with Gasteiger partial charge in [-0.2, -0.15) is 0 Å². The highest BCUT2D eigenvalue weighted by Crippen LogP contribution is 2.28. The van der Waals surface area contributed by atoms with Crippen molar-refractivity contribution in [2.45, 2.75) is 46.0 Å². The van der Waals surface area contributed by atoms with Gasteiger partial charge in [0.05, 0.1) is 5.01 Å². The van der Waals surface area contributed by atoms with Crippen LogP contribution in [-0.4, -0.2) is 43.0 Å². The van der Waals surface area contributed by atoms with Crippen LogP contribution in [0.25, 0.3) is 0 Å². The Morgan fingerprint density at radius 1 is 1.29 bits per heavy atom. The number of guanidine groups is 1. The smallest absolute Gasteiger partial charge is 0.223 e. The van der Waals surface area contributed by atoms with Gasteiger partial charge in [-0.15, -0.1) is 11.3 Å². The minimum atomic E-state index is 0.191. The Hall–Kier alpha value is -1.63. The molecule has 7 heteroatoms. The van der Waals surface area contributed by atoms with Crippen LogP contribution in [0.3, 0.4) is 0 Å². The number of aliphatic imine (C=N–C) groups is 1. The van der Waals surface area contributed by atoms with Crippen LogP contribution in [0.5, 0.6) is 0 Å². The number of unbranched alkanes of at least 4 members (excludes halogenated alkanes) is 1. The number of nitrogens with zero attached hydrogens (tertiary/aromatic N) is 2. The van der Waals surface area contributed by atoms with Crippen LogP contribution >= 0.6 is 11.3 Å². The first-order valence-electron chi connectivity index (χ1n) is 8.90. The lowest BCUT2D eigenvalue weighted by atomic mass is 10.2. The number of thiazole rings is 1. The second-order valence-corrected chi connectivity index (χ2v) is 7.04. The average Bonchev–Trinajstić information content (AvgIpc) is 3.34. The highest BCUT2D eigenvalue weighted by Gasteiger charge is 2.28. The third kappa shape index (κ3) is 7.29. The van der Waals surface area contributed by atoms with E-state index >= 15 is 0 Å². The van der Waals surface area contributed by atoms with Gasteiger partial charge in [0, 0.05) is 43.2 Å². The lowest BCUT2D eigenvalue weighted by Crippen LogP contribution is -2.41. The highest BCUT2D eigenvalue weighted by atomic mass is 32.1. The van der Waals surface area contributed by atoms with Crippen LogP contribution in [-0.2, 0) is 11.2 Å². The summed E-state index contributed by atoms with van der Waals surface area (Å²) >= 11 is 1.74. The first-order valence-corrected chi connectivity index (χ1v) is 9.78. The molecule has 6 nitrogen and oxygen atoms in total. The van der Waals surface area contributed by atoms with Gasteiger partial charge in [-0.1, -0.05) is 0 Å². The lowest BCUT2D eigenvalue weighted by Gasteiger charge is -2.11. The van der Waals surface area contributed by atoms with Crippen molar-refractivity contribution in [2.75, 3.05) is 26.2 Å². The van der Waals surface area contributed by atoms with E-state index in [1.54, 1.807) is 11.3 Å². The Morgan fingerprint density at radius 3 is 2.75 bits per heavy atom. The summed E-state index contributed by atoms with van der Waals surface area (Å²) in [6, 6.07) is 0. The van der Waals surface area contributed by atoms with Crippen LogP contribution in [0.15, 0.2) is 10.4 Å². The molecule has 0 radical (unpaired) electrons. The van der Waals surface area contributed by atoms with Crippen molar-refractivity contribution < 1.29 is 4.79 Å². The van der Waals surface area contributed by atoms with Crippen molar-refractivity contribution in [1.29, 1.82) is 0 Å². The number of nitrogens with one attached hydrogen (secondary N) is 3. The Bertz CT molecular complexity index is 539. The summed E-state index contributed by atoms with van der Waals surface area (Å²) < 4.78 is 0. The molecule has 0 aromatic carbocycles. The number of aromatic nitrogens is 1. The second kappa shape index (κ2) is 10.3. The molecule has 1 aromatic heterocycles. The summed E-state index contributed by atoms with van der Waals surface area (Å²) in [5, 5.41) is 12.8. The van der Waals surface area contributed by atoms with Crippen LogP contribution in [0.4, 0.5) is 0 Å². The maximum atomic E-state index is 11.5. The molecule has 3 N–H and O–H groups in total. The van der Waals surface area contributed by atoms with Crippen molar-refractivity contribution in [2.24, 2.45) is 10.9 Å². The highest BCUT2D eigenvalue weighted by molar-refractivity contribution is 7.09. The number of carbonyl (C=O) groups excluding carboxylic acids is 1. The Kier molecular flexibility index (Phi) is 8.01. The number of hydrogen-bond donors (Lipinski definition) is 3. The van der Waals surface area contributed by atoms with Crippen molar-refractivity contribution in [3.05, 3.63) is 16.1 Å². The predicted molar refractivity (Wildman–Crippen MR) is 99.5 cm³/mol. The number of carbonyl (C=O) groups is 1. The van der Waals surface area contributed by atoms with E-state index in [1.165, 1.54) is 5.01 Å². The molecule has 0 spiro atoms. The van der Waals surface area contributed by atoms with E-state index in [2.05, 4.69) is 38.2 Å². The molecule has 0 unspecified atom stereocenters. The second-order valence-electron chi connectivity index (χ2n) is 6.09. The van der Waals surface area contributed by atoms with E-state index in [1.807, 2.05) is 6.92 Å². The standard InChI is InChI=1S/C17H29N5OS/c1-3-18-17(21-11-10-19-16(23)14-7-8-14)20-9-5-4-6-15-22-13(2)12-24-15/h12,14H,3-11H2,1-2H3,(H,19,23)(H2,18,20,21). The van der Waals surface area contributed by atoms with Crippen molar-refractivity contribution in [3.8, 4) is 0 Å². The van der Waals surface area contributed by atoms with Crippen molar-refractivity contribution in [3.63, 3.8) is 0 Å². The quantitative estimate of drug-likeness (QED) is 0.341. The number of amides is 1. The fraction of sp³-hybridized carbons (Fsp3) is 0.706. The average molecular weight is 352 g/mol. The summed E-state index contributed by atoms with van der Waals surface area (Å²) in [6.07, 6.45) is 5.28. The maximum Gasteiger partial charge on any atom is 0.223 e. The van der Waals surface area contributed by atoms with Crippen LogP contribution < -0.4 is 16.0 Å². The van der Waals surface area contributed by atoms with Crippen LogP contribution in [0.2, 0.25) is 0 Å². The van der Waals surface area contributed by atoms with Gasteiger partial charge >= 0.3 is 0 Å². The Balaban J connectivity index is 1.57. The zero-order valence-corrected chi connectivity index (χ0v) is 15.5. The zero-order valence-electron chi connectivity index (χ0n) is 14.7. The fourth-order valence-corrected chi connectivity index (χ4v) is 3.11. The van der Waals surface area contributed by atoms with Gasteiger partial charge in [0.25, 0.3) is 0 Å². The van der Waals surface area contributed by atoms with Crippen LogP contribution in [0, 0.1) is 12.8 Å². The van der Waals surface area contributed by atoms with E-state index in [9.17, 15) is 4.79 Å². The van der Waals surface area contributed by atoms with Gasteiger partial charge in [-0.3, -0.25) is 9.79 Å². The molecule has 1 aliphatic carbocycles. The lowest BCUT2D eigenvalue weighted by molar-refractivity contribution is -0.122. The molecule has 1 aromatic rings. The summed E-state index contributed by atoms with van der Waals surface area (Å²) in [5.41, 5.74) is 1.11.